The smallest absolute Gasteiger partial charge is 0.263 e. The van der Waals surface area contributed by atoms with E-state index in [4.69, 9.17) is 0 Å². The van der Waals surface area contributed by atoms with E-state index < -0.39 is 0 Å². The standard InChI is InChI=1S/C16H24N2OS.ClH/c1-17-9-7-13(8-10-17)18(2)16(19)15-11-12-5-3-4-6-14(12)20-15;/h11,13H,3-10H2,1-2H3;1H. The second-order valence-electron chi connectivity index (χ2n) is 6.22. The fraction of sp³-hybridized carbons (Fsp3) is 0.688. The van der Waals surface area contributed by atoms with Crippen LogP contribution in [0.25, 0.3) is 0 Å². The fourth-order valence-electron chi connectivity index (χ4n) is 3.32. The average Bonchev–Trinajstić information content (AvgIpc) is 2.90. The topological polar surface area (TPSA) is 23.6 Å². The third-order valence-corrected chi connectivity index (χ3v) is 5.99. The second kappa shape index (κ2) is 7.12. The molecule has 1 amide bonds. The molecule has 3 nitrogen and oxygen atoms in total. The molecule has 0 spiro atoms. The summed E-state index contributed by atoms with van der Waals surface area (Å²) in [6.45, 7) is 2.20. The maximum absolute atomic E-state index is 12.7. The van der Waals surface area contributed by atoms with Gasteiger partial charge in [-0.15, -0.1) is 23.7 Å². The van der Waals surface area contributed by atoms with Gasteiger partial charge >= 0.3 is 0 Å². The van der Waals surface area contributed by atoms with Crippen molar-refractivity contribution in [3.63, 3.8) is 0 Å². The minimum absolute atomic E-state index is 0. The van der Waals surface area contributed by atoms with Gasteiger partial charge < -0.3 is 9.80 Å². The fourth-order valence-corrected chi connectivity index (χ4v) is 4.55. The van der Waals surface area contributed by atoms with E-state index >= 15 is 0 Å². The van der Waals surface area contributed by atoms with E-state index in [0.29, 0.717) is 6.04 Å². The average molecular weight is 329 g/mol. The lowest BCUT2D eigenvalue weighted by molar-refractivity contribution is 0.0664. The largest absolute Gasteiger partial charge is 0.338 e. The van der Waals surface area contributed by atoms with Crippen molar-refractivity contribution in [1.82, 2.24) is 9.80 Å². The van der Waals surface area contributed by atoms with Crippen molar-refractivity contribution in [3.05, 3.63) is 21.4 Å². The number of hydrogen-bond donors (Lipinski definition) is 0. The van der Waals surface area contributed by atoms with E-state index in [1.165, 1.54) is 29.7 Å². The summed E-state index contributed by atoms with van der Waals surface area (Å²) in [7, 11) is 4.14. The Morgan fingerprint density at radius 1 is 1.29 bits per heavy atom. The zero-order valence-corrected chi connectivity index (χ0v) is 14.6. The monoisotopic (exact) mass is 328 g/mol. The SMILES string of the molecule is CN1CCC(N(C)C(=O)c2cc3c(s2)CCCC3)CC1.Cl. The second-order valence-corrected chi connectivity index (χ2v) is 7.35. The van der Waals surface area contributed by atoms with Gasteiger partial charge in [-0.3, -0.25) is 4.79 Å². The molecule has 1 fully saturated rings. The van der Waals surface area contributed by atoms with Crippen molar-refractivity contribution in [3.8, 4) is 0 Å². The van der Waals surface area contributed by atoms with Crippen LogP contribution in [0.3, 0.4) is 0 Å². The third-order valence-electron chi connectivity index (χ3n) is 4.76. The first-order chi connectivity index (χ1) is 9.65. The van der Waals surface area contributed by atoms with Crippen molar-refractivity contribution < 1.29 is 4.79 Å². The first-order valence-electron chi connectivity index (χ1n) is 7.72. The number of halogens is 1. The van der Waals surface area contributed by atoms with Crippen LogP contribution >= 0.6 is 23.7 Å². The summed E-state index contributed by atoms with van der Waals surface area (Å²) in [6.07, 6.45) is 7.10. The zero-order chi connectivity index (χ0) is 14.1. The minimum Gasteiger partial charge on any atom is -0.338 e. The number of piperidine rings is 1. The maximum Gasteiger partial charge on any atom is 0.263 e. The number of fused-ring (bicyclic) bond motifs is 1. The number of aryl methyl sites for hydroxylation is 2. The molecule has 2 heterocycles. The first kappa shape index (κ1) is 16.8. The molecule has 21 heavy (non-hydrogen) atoms. The van der Waals surface area contributed by atoms with Crippen molar-refractivity contribution in [2.24, 2.45) is 0 Å². The molecular formula is C16H25ClN2OS. The summed E-state index contributed by atoms with van der Waals surface area (Å²) in [4.78, 5) is 19.4. The highest BCUT2D eigenvalue weighted by Crippen LogP contribution is 2.31. The van der Waals surface area contributed by atoms with Gasteiger partial charge in [0.1, 0.15) is 0 Å². The molecule has 5 heteroatoms. The lowest BCUT2D eigenvalue weighted by Gasteiger charge is -2.34. The summed E-state index contributed by atoms with van der Waals surface area (Å²) in [5.41, 5.74) is 1.43. The van der Waals surface area contributed by atoms with Crippen LogP contribution < -0.4 is 0 Å². The van der Waals surface area contributed by atoms with E-state index in [9.17, 15) is 4.79 Å². The molecule has 0 atom stereocenters. The Balaban J connectivity index is 0.00000161. The number of carbonyl (C=O) groups is 1. The van der Waals surface area contributed by atoms with Gasteiger partial charge in [-0.25, -0.2) is 0 Å². The van der Waals surface area contributed by atoms with Crippen LogP contribution in [0.5, 0.6) is 0 Å². The predicted molar refractivity (Wildman–Crippen MR) is 90.8 cm³/mol. The Kier molecular flexibility index (Phi) is 5.69. The summed E-state index contributed by atoms with van der Waals surface area (Å²) in [6, 6.07) is 2.57. The van der Waals surface area contributed by atoms with Crippen LogP contribution in [0.4, 0.5) is 0 Å². The van der Waals surface area contributed by atoms with Gasteiger partial charge in [0.15, 0.2) is 0 Å². The number of likely N-dealkylation sites (tertiary alicyclic amines) is 1. The number of thiophene rings is 1. The van der Waals surface area contributed by atoms with Crippen molar-refractivity contribution >= 4 is 29.7 Å². The van der Waals surface area contributed by atoms with Crippen LogP contribution in [0.2, 0.25) is 0 Å². The number of rotatable bonds is 2. The Labute approximate surface area is 137 Å². The molecule has 0 saturated carbocycles. The molecule has 1 aliphatic carbocycles. The molecular weight excluding hydrogens is 304 g/mol. The van der Waals surface area contributed by atoms with Crippen molar-refractivity contribution in [2.75, 3.05) is 27.2 Å². The van der Waals surface area contributed by atoms with Crippen molar-refractivity contribution in [2.45, 2.75) is 44.6 Å². The summed E-state index contributed by atoms with van der Waals surface area (Å²) >= 11 is 1.73. The number of nitrogens with zero attached hydrogens (tertiary/aromatic N) is 2. The summed E-state index contributed by atoms with van der Waals surface area (Å²) in [5.74, 6) is 0.235. The molecule has 0 N–H and O–H groups in total. The Morgan fingerprint density at radius 3 is 2.62 bits per heavy atom. The van der Waals surface area contributed by atoms with Crippen LogP contribution in [-0.2, 0) is 12.8 Å². The van der Waals surface area contributed by atoms with E-state index in [1.807, 2.05) is 11.9 Å². The van der Waals surface area contributed by atoms with E-state index in [0.717, 1.165) is 37.2 Å². The zero-order valence-electron chi connectivity index (χ0n) is 12.9. The van der Waals surface area contributed by atoms with Gasteiger partial charge in [-0.05, 0) is 70.3 Å². The number of hydrogen-bond acceptors (Lipinski definition) is 3. The highest BCUT2D eigenvalue weighted by molar-refractivity contribution is 7.14. The predicted octanol–water partition coefficient (Wildman–Crippen LogP) is 3.21. The van der Waals surface area contributed by atoms with Gasteiger partial charge in [-0.2, -0.15) is 0 Å². The quantitative estimate of drug-likeness (QED) is 0.832. The van der Waals surface area contributed by atoms with Gasteiger partial charge in [0.25, 0.3) is 5.91 Å². The molecule has 0 bridgehead atoms. The molecule has 3 rings (SSSR count). The molecule has 2 aliphatic rings. The molecule has 1 aromatic heterocycles. The lowest BCUT2D eigenvalue weighted by Crippen LogP contribution is -2.44. The summed E-state index contributed by atoms with van der Waals surface area (Å²) in [5, 5.41) is 0. The van der Waals surface area contributed by atoms with Gasteiger partial charge in [0.05, 0.1) is 4.88 Å². The molecule has 1 saturated heterocycles. The molecule has 118 valence electrons. The van der Waals surface area contributed by atoms with Gasteiger partial charge in [0, 0.05) is 18.0 Å². The van der Waals surface area contributed by atoms with Crippen LogP contribution in [0.15, 0.2) is 6.07 Å². The molecule has 0 aromatic carbocycles. The molecule has 1 aromatic rings. The normalized spacial score (nSPS) is 19.7. The molecule has 0 radical (unpaired) electrons. The highest BCUT2D eigenvalue weighted by Gasteiger charge is 2.26. The van der Waals surface area contributed by atoms with Gasteiger partial charge in [0.2, 0.25) is 0 Å². The molecule has 1 aliphatic heterocycles. The minimum atomic E-state index is 0. The Morgan fingerprint density at radius 2 is 1.95 bits per heavy atom. The number of carbonyl (C=O) groups excluding carboxylic acids is 1. The maximum atomic E-state index is 12.7. The van der Waals surface area contributed by atoms with E-state index in [-0.39, 0.29) is 18.3 Å². The van der Waals surface area contributed by atoms with Gasteiger partial charge in [-0.1, -0.05) is 0 Å². The summed E-state index contributed by atoms with van der Waals surface area (Å²) < 4.78 is 0. The Hall–Kier alpha value is -0.580. The highest BCUT2D eigenvalue weighted by atomic mass is 35.5. The van der Waals surface area contributed by atoms with Crippen molar-refractivity contribution in [1.29, 1.82) is 0 Å². The number of amides is 1. The van der Waals surface area contributed by atoms with E-state index in [2.05, 4.69) is 18.0 Å². The third kappa shape index (κ3) is 3.61. The van der Waals surface area contributed by atoms with Crippen LogP contribution in [-0.4, -0.2) is 48.9 Å². The van der Waals surface area contributed by atoms with Crippen LogP contribution in [0, 0.1) is 0 Å². The Bertz CT molecular complexity index is 471. The molecule has 0 unspecified atom stereocenters. The lowest BCUT2D eigenvalue weighted by atomic mass is 9.99. The first-order valence-corrected chi connectivity index (χ1v) is 8.54. The van der Waals surface area contributed by atoms with Crippen LogP contribution in [0.1, 0.15) is 45.8 Å². The van der Waals surface area contributed by atoms with E-state index in [1.54, 1.807) is 11.3 Å².